The van der Waals surface area contributed by atoms with Crippen LogP contribution < -0.4 is 0 Å². The number of H-pyrrole nitrogens is 1. The maximum absolute atomic E-state index is 12.0. The average Bonchev–Trinajstić information content (AvgIpc) is 2.83. The van der Waals surface area contributed by atoms with Gasteiger partial charge in [-0.15, -0.1) is 0 Å². The number of carbonyl (C=O) groups excluding carboxylic acids is 1. The maximum atomic E-state index is 12.0. The second kappa shape index (κ2) is 4.38. The van der Waals surface area contributed by atoms with Crippen LogP contribution in [0, 0.1) is 0 Å². The number of amides is 1. The normalized spacial score (nSPS) is 24.0. The minimum atomic E-state index is -1.12. The monoisotopic (exact) mass is 258 g/mol. The summed E-state index contributed by atoms with van der Waals surface area (Å²) in [6.45, 7) is 0.0203. The standard InChI is InChI=1S/C10H11ClN2O4/c11-5-1-7(12-3-5)9(15)13-4-6(14)2-8(13)10(16)17/h1,3,6,8,12,14H,2,4H2,(H,16,17)/t6?,8-/m0/s1. The van der Waals surface area contributed by atoms with Crippen LogP contribution in [0.1, 0.15) is 16.9 Å². The molecular formula is C10H11ClN2O4. The number of likely N-dealkylation sites (tertiary alicyclic amines) is 1. The van der Waals surface area contributed by atoms with Gasteiger partial charge >= 0.3 is 5.97 Å². The highest BCUT2D eigenvalue weighted by Crippen LogP contribution is 2.21. The fourth-order valence-electron chi connectivity index (χ4n) is 1.92. The maximum Gasteiger partial charge on any atom is 0.326 e. The van der Waals surface area contributed by atoms with Crippen molar-refractivity contribution in [2.45, 2.75) is 18.6 Å². The number of carboxylic acids is 1. The molecule has 0 aliphatic carbocycles. The number of carboxylic acid groups (broad SMARTS) is 1. The van der Waals surface area contributed by atoms with E-state index >= 15 is 0 Å². The van der Waals surface area contributed by atoms with Crippen molar-refractivity contribution in [3.63, 3.8) is 0 Å². The SMILES string of the molecule is O=C(O)[C@@H]1CC(O)CN1C(=O)c1cc(Cl)c[nH]1. The zero-order valence-corrected chi connectivity index (χ0v) is 9.52. The third kappa shape index (κ3) is 2.27. The third-order valence-electron chi connectivity index (χ3n) is 2.70. The fourth-order valence-corrected chi connectivity index (χ4v) is 2.08. The summed E-state index contributed by atoms with van der Waals surface area (Å²) in [6.07, 6.45) is 0.692. The van der Waals surface area contributed by atoms with Gasteiger partial charge in [0.05, 0.1) is 11.1 Å². The van der Waals surface area contributed by atoms with E-state index in [1.54, 1.807) is 0 Å². The number of hydrogen-bond donors (Lipinski definition) is 3. The molecule has 6 nitrogen and oxygen atoms in total. The molecule has 17 heavy (non-hydrogen) atoms. The molecule has 1 aromatic heterocycles. The van der Waals surface area contributed by atoms with Crippen LogP contribution in [-0.2, 0) is 4.79 Å². The van der Waals surface area contributed by atoms with Crippen LogP contribution in [0.25, 0.3) is 0 Å². The molecule has 2 atom stereocenters. The molecule has 1 unspecified atom stereocenters. The first kappa shape index (κ1) is 11.9. The molecule has 0 bridgehead atoms. The van der Waals surface area contributed by atoms with Crippen LogP contribution in [0.5, 0.6) is 0 Å². The molecule has 1 aliphatic rings. The Kier molecular flexibility index (Phi) is 3.08. The van der Waals surface area contributed by atoms with Gasteiger partial charge in [0.25, 0.3) is 5.91 Å². The molecule has 0 spiro atoms. The second-order valence-electron chi connectivity index (χ2n) is 3.93. The number of β-amino-alcohol motifs (C(OH)–C–C–N with tert-alkyl or cyclic N) is 1. The lowest BCUT2D eigenvalue weighted by Crippen LogP contribution is -2.40. The van der Waals surface area contributed by atoms with Crippen molar-refractivity contribution in [1.29, 1.82) is 0 Å². The van der Waals surface area contributed by atoms with Crippen molar-refractivity contribution in [3.05, 3.63) is 23.0 Å². The highest BCUT2D eigenvalue weighted by molar-refractivity contribution is 6.31. The molecule has 1 aromatic rings. The number of halogens is 1. The van der Waals surface area contributed by atoms with Crippen LogP contribution in [0.15, 0.2) is 12.3 Å². The predicted molar refractivity (Wildman–Crippen MR) is 58.9 cm³/mol. The number of nitrogens with zero attached hydrogens (tertiary/aromatic N) is 1. The molecule has 3 N–H and O–H groups in total. The Hall–Kier alpha value is -1.53. The molecule has 92 valence electrons. The summed E-state index contributed by atoms with van der Waals surface area (Å²) in [7, 11) is 0. The summed E-state index contributed by atoms with van der Waals surface area (Å²) in [5.74, 6) is -1.59. The van der Waals surface area contributed by atoms with E-state index in [9.17, 15) is 14.7 Å². The van der Waals surface area contributed by atoms with Gasteiger partial charge in [-0.1, -0.05) is 11.6 Å². The quantitative estimate of drug-likeness (QED) is 0.713. The number of aliphatic carboxylic acids is 1. The van der Waals surface area contributed by atoms with E-state index in [0.717, 1.165) is 4.90 Å². The first-order chi connectivity index (χ1) is 7.99. The molecule has 1 fully saturated rings. The van der Waals surface area contributed by atoms with Crippen LogP contribution >= 0.6 is 11.6 Å². The topological polar surface area (TPSA) is 93.6 Å². The van der Waals surface area contributed by atoms with Gasteiger partial charge in [-0.05, 0) is 6.07 Å². The Balaban J connectivity index is 2.21. The van der Waals surface area contributed by atoms with Gasteiger partial charge in [-0.2, -0.15) is 0 Å². The van der Waals surface area contributed by atoms with E-state index in [2.05, 4.69) is 4.98 Å². The molecular weight excluding hydrogens is 248 g/mol. The zero-order chi connectivity index (χ0) is 12.6. The Labute approximate surface area is 102 Å². The van der Waals surface area contributed by atoms with Crippen molar-refractivity contribution in [1.82, 2.24) is 9.88 Å². The van der Waals surface area contributed by atoms with Crippen LogP contribution in [0.3, 0.4) is 0 Å². The molecule has 1 saturated heterocycles. The van der Waals surface area contributed by atoms with Gasteiger partial charge in [0.15, 0.2) is 0 Å². The first-order valence-electron chi connectivity index (χ1n) is 5.05. The Morgan fingerprint density at radius 1 is 1.53 bits per heavy atom. The summed E-state index contributed by atoms with van der Waals surface area (Å²) >= 11 is 5.67. The Morgan fingerprint density at radius 3 is 2.76 bits per heavy atom. The van der Waals surface area contributed by atoms with E-state index < -0.39 is 24.0 Å². The van der Waals surface area contributed by atoms with Crippen molar-refractivity contribution >= 4 is 23.5 Å². The van der Waals surface area contributed by atoms with Crippen molar-refractivity contribution in [3.8, 4) is 0 Å². The third-order valence-corrected chi connectivity index (χ3v) is 2.92. The van der Waals surface area contributed by atoms with E-state index in [1.165, 1.54) is 12.3 Å². The molecule has 1 amide bonds. The van der Waals surface area contributed by atoms with E-state index in [4.69, 9.17) is 16.7 Å². The number of rotatable bonds is 2. The Morgan fingerprint density at radius 2 is 2.24 bits per heavy atom. The van der Waals surface area contributed by atoms with Gasteiger partial charge in [0, 0.05) is 19.2 Å². The first-order valence-corrected chi connectivity index (χ1v) is 5.42. The molecule has 7 heteroatoms. The lowest BCUT2D eigenvalue weighted by atomic mass is 10.2. The average molecular weight is 259 g/mol. The van der Waals surface area contributed by atoms with Crippen LogP contribution in [-0.4, -0.2) is 50.7 Å². The number of aromatic amines is 1. The number of aromatic nitrogens is 1. The van der Waals surface area contributed by atoms with Gasteiger partial charge in [-0.3, -0.25) is 4.79 Å². The van der Waals surface area contributed by atoms with Gasteiger partial charge < -0.3 is 20.1 Å². The molecule has 2 rings (SSSR count). The minimum absolute atomic E-state index is 0.0203. The summed E-state index contributed by atoms with van der Waals surface area (Å²) in [4.78, 5) is 26.7. The van der Waals surface area contributed by atoms with E-state index in [-0.39, 0.29) is 18.7 Å². The van der Waals surface area contributed by atoms with Crippen molar-refractivity contribution in [2.24, 2.45) is 0 Å². The van der Waals surface area contributed by atoms with Gasteiger partial charge in [0.1, 0.15) is 11.7 Å². The van der Waals surface area contributed by atoms with Crippen LogP contribution in [0.2, 0.25) is 5.02 Å². The van der Waals surface area contributed by atoms with Gasteiger partial charge in [0.2, 0.25) is 0 Å². The summed E-state index contributed by atoms with van der Waals surface area (Å²) in [6, 6.07) is 0.438. The predicted octanol–water partition coefficient (Wildman–Crippen LogP) is 0.328. The van der Waals surface area contributed by atoms with Crippen molar-refractivity contribution in [2.75, 3.05) is 6.54 Å². The highest BCUT2D eigenvalue weighted by atomic mass is 35.5. The number of nitrogens with one attached hydrogen (secondary N) is 1. The van der Waals surface area contributed by atoms with E-state index in [1.807, 2.05) is 0 Å². The highest BCUT2D eigenvalue weighted by Gasteiger charge is 2.39. The molecule has 0 aromatic carbocycles. The Bertz CT molecular complexity index is 459. The van der Waals surface area contributed by atoms with E-state index in [0.29, 0.717) is 5.02 Å². The molecule has 1 aliphatic heterocycles. The summed E-state index contributed by atoms with van der Waals surface area (Å²) in [5.41, 5.74) is 0.218. The number of aliphatic hydroxyl groups is 1. The number of hydrogen-bond acceptors (Lipinski definition) is 3. The van der Waals surface area contributed by atoms with Crippen LogP contribution in [0.4, 0.5) is 0 Å². The summed E-state index contributed by atoms with van der Waals surface area (Å²) in [5, 5.41) is 18.8. The van der Waals surface area contributed by atoms with Gasteiger partial charge in [-0.25, -0.2) is 4.79 Å². The molecule has 2 heterocycles. The molecule has 0 radical (unpaired) electrons. The lowest BCUT2D eigenvalue weighted by Gasteiger charge is -2.20. The smallest absolute Gasteiger partial charge is 0.326 e. The lowest BCUT2D eigenvalue weighted by molar-refractivity contribution is -0.141. The molecule has 0 saturated carbocycles. The zero-order valence-electron chi connectivity index (χ0n) is 8.76. The largest absolute Gasteiger partial charge is 0.480 e. The summed E-state index contributed by atoms with van der Waals surface area (Å²) < 4.78 is 0. The second-order valence-corrected chi connectivity index (χ2v) is 4.37. The fraction of sp³-hybridized carbons (Fsp3) is 0.400. The van der Waals surface area contributed by atoms with Crippen molar-refractivity contribution < 1.29 is 19.8 Å². The minimum Gasteiger partial charge on any atom is -0.480 e. The number of carbonyl (C=O) groups is 2. The number of aliphatic hydroxyl groups excluding tert-OH is 1.